The first-order chi connectivity index (χ1) is 7.76. The van der Waals surface area contributed by atoms with Gasteiger partial charge in [0.1, 0.15) is 0 Å². The Labute approximate surface area is 107 Å². The minimum absolute atomic E-state index is 0.260. The fourth-order valence-corrected chi connectivity index (χ4v) is 1.80. The van der Waals surface area contributed by atoms with Crippen LogP contribution in [0, 0.1) is 17.3 Å². The minimum Gasteiger partial charge on any atom is -0.258 e. The Kier molecular flexibility index (Phi) is 4.35. The number of hydrogen-bond donors (Lipinski definition) is 0. The zero-order valence-electron chi connectivity index (χ0n) is 12.5. The van der Waals surface area contributed by atoms with E-state index in [1.165, 1.54) is 17.0 Å². The Hall–Kier alpha value is -0.850. The molecule has 1 unspecified atom stereocenters. The maximum absolute atomic E-state index is 4.80. The van der Waals surface area contributed by atoms with Crippen LogP contribution in [0.3, 0.4) is 0 Å². The molecule has 0 saturated carbocycles. The molecule has 1 nitrogen and oxygen atoms in total. The largest absolute Gasteiger partial charge is 0.258 e. The van der Waals surface area contributed by atoms with Gasteiger partial charge < -0.3 is 0 Å². The topological polar surface area (TPSA) is 12.4 Å². The lowest BCUT2D eigenvalue weighted by Gasteiger charge is -2.33. The summed E-state index contributed by atoms with van der Waals surface area (Å²) in [5.74, 6) is 1.17. The van der Waals surface area contributed by atoms with Crippen molar-refractivity contribution in [2.45, 2.75) is 54.9 Å². The van der Waals surface area contributed by atoms with Gasteiger partial charge in [0, 0.05) is 5.71 Å². The third-order valence-corrected chi connectivity index (χ3v) is 4.17. The summed E-state index contributed by atoms with van der Waals surface area (Å²) in [4.78, 5) is 4.80. The van der Waals surface area contributed by atoms with Crippen molar-refractivity contribution in [2.24, 2.45) is 22.2 Å². The highest BCUT2D eigenvalue weighted by atomic mass is 14.8. The zero-order valence-corrected chi connectivity index (χ0v) is 12.5. The van der Waals surface area contributed by atoms with Crippen molar-refractivity contribution in [3.63, 3.8) is 0 Å². The lowest BCUT2D eigenvalue weighted by molar-refractivity contribution is 0.296. The van der Waals surface area contributed by atoms with Crippen LogP contribution in [-0.2, 0) is 0 Å². The summed E-state index contributed by atoms with van der Waals surface area (Å²) >= 11 is 0. The average molecular weight is 233 g/mol. The molecule has 0 aliphatic heterocycles. The molecule has 1 heteroatoms. The van der Waals surface area contributed by atoms with E-state index in [1.54, 1.807) is 0 Å². The van der Waals surface area contributed by atoms with Crippen LogP contribution in [0.1, 0.15) is 54.9 Å². The van der Waals surface area contributed by atoms with Gasteiger partial charge in [-0.3, -0.25) is 4.99 Å². The van der Waals surface area contributed by atoms with E-state index in [-0.39, 0.29) is 5.41 Å². The molecule has 0 spiro atoms. The van der Waals surface area contributed by atoms with Crippen LogP contribution in [0.5, 0.6) is 0 Å². The van der Waals surface area contributed by atoms with E-state index < -0.39 is 0 Å². The van der Waals surface area contributed by atoms with Crippen molar-refractivity contribution in [3.8, 4) is 0 Å². The molecule has 0 aromatic heterocycles. The molecule has 0 saturated heterocycles. The van der Waals surface area contributed by atoms with Gasteiger partial charge in [0.05, 0.1) is 5.70 Å². The molecule has 96 valence electrons. The summed E-state index contributed by atoms with van der Waals surface area (Å²) in [6.45, 7) is 15.6. The highest BCUT2D eigenvalue weighted by Gasteiger charge is 2.28. The van der Waals surface area contributed by atoms with Crippen LogP contribution >= 0.6 is 0 Å². The van der Waals surface area contributed by atoms with Gasteiger partial charge in [0.25, 0.3) is 0 Å². The normalized spacial score (nSPS) is 26.3. The van der Waals surface area contributed by atoms with E-state index in [2.05, 4.69) is 60.6 Å². The second kappa shape index (κ2) is 5.20. The maximum Gasteiger partial charge on any atom is 0.0620 e. The fraction of sp³-hybridized carbons (Fsp3) is 0.688. The van der Waals surface area contributed by atoms with Crippen LogP contribution in [-0.4, -0.2) is 5.71 Å². The van der Waals surface area contributed by atoms with Crippen LogP contribution in [0.2, 0.25) is 0 Å². The quantitative estimate of drug-likeness (QED) is 0.608. The number of nitrogens with zero attached hydrogens (tertiary/aromatic N) is 1. The number of rotatable bonds is 3. The SMILES string of the molecule is CC1=CCC(C)(C(C)C)C=C1/N=C(\C)C(C)C. The van der Waals surface area contributed by atoms with Gasteiger partial charge in [-0.05, 0) is 43.1 Å². The molecule has 0 heterocycles. The van der Waals surface area contributed by atoms with E-state index in [4.69, 9.17) is 4.99 Å². The van der Waals surface area contributed by atoms with E-state index in [0.717, 1.165) is 6.42 Å². The summed E-state index contributed by atoms with van der Waals surface area (Å²) in [6, 6.07) is 0. The first kappa shape index (κ1) is 14.2. The second-order valence-corrected chi connectivity index (χ2v) is 6.19. The van der Waals surface area contributed by atoms with Crippen molar-refractivity contribution in [1.29, 1.82) is 0 Å². The summed E-state index contributed by atoms with van der Waals surface area (Å²) in [5, 5.41) is 0. The standard InChI is InChI=1S/C16H27N/c1-11(2)14(6)17-15-10-16(7,12(3)4)9-8-13(15)5/h8,10-12H,9H2,1-7H3/b17-14+. The number of allylic oxidation sites excluding steroid dienone is 3. The smallest absolute Gasteiger partial charge is 0.0620 e. The molecule has 0 amide bonds. The first-order valence-corrected chi connectivity index (χ1v) is 6.71. The summed E-state index contributed by atoms with van der Waals surface area (Å²) in [7, 11) is 0. The Morgan fingerprint density at radius 3 is 2.35 bits per heavy atom. The van der Waals surface area contributed by atoms with Gasteiger partial charge in [-0.1, -0.05) is 46.8 Å². The molecule has 0 fully saturated rings. The fourth-order valence-electron chi connectivity index (χ4n) is 1.80. The molecule has 1 atom stereocenters. The van der Waals surface area contributed by atoms with E-state index in [1.807, 2.05) is 0 Å². The zero-order chi connectivity index (χ0) is 13.2. The molecule has 0 aromatic carbocycles. The third-order valence-electron chi connectivity index (χ3n) is 4.17. The van der Waals surface area contributed by atoms with Crippen molar-refractivity contribution in [2.75, 3.05) is 0 Å². The van der Waals surface area contributed by atoms with Gasteiger partial charge in [-0.2, -0.15) is 0 Å². The average Bonchev–Trinajstić information content (AvgIpc) is 2.23. The summed E-state index contributed by atoms with van der Waals surface area (Å²) in [5.41, 5.74) is 3.98. The predicted octanol–water partition coefficient (Wildman–Crippen LogP) is 5.00. The second-order valence-electron chi connectivity index (χ2n) is 6.19. The Balaban J connectivity index is 3.07. The van der Waals surface area contributed by atoms with Gasteiger partial charge >= 0.3 is 0 Å². The van der Waals surface area contributed by atoms with Crippen LogP contribution in [0.25, 0.3) is 0 Å². The monoisotopic (exact) mass is 233 g/mol. The number of aliphatic imine (C=N–C) groups is 1. The predicted molar refractivity (Wildman–Crippen MR) is 77.3 cm³/mol. The van der Waals surface area contributed by atoms with E-state index in [9.17, 15) is 0 Å². The van der Waals surface area contributed by atoms with Crippen molar-refractivity contribution in [3.05, 3.63) is 23.4 Å². The van der Waals surface area contributed by atoms with E-state index in [0.29, 0.717) is 11.8 Å². The van der Waals surface area contributed by atoms with Crippen LogP contribution < -0.4 is 0 Å². The van der Waals surface area contributed by atoms with Crippen molar-refractivity contribution < 1.29 is 0 Å². The van der Waals surface area contributed by atoms with Gasteiger partial charge in [-0.15, -0.1) is 0 Å². The minimum atomic E-state index is 0.260. The van der Waals surface area contributed by atoms with E-state index >= 15 is 0 Å². The van der Waals surface area contributed by atoms with Crippen molar-refractivity contribution in [1.82, 2.24) is 0 Å². The molecule has 0 aromatic rings. The molecule has 0 N–H and O–H groups in total. The molecular formula is C16H27N. The van der Waals surface area contributed by atoms with Gasteiger partial charge in [-0.25, -0.2) is 0 Å². The molecule has 17 heavy (non-hydrogen) atoms. The Morgan fingerprint density at radius 1 is 1.29 bits per heavy atom. The Bertz CT molecular complexity index is 369. The van der Waals surface area contributed by atoms with Crippen LogP contribution in [0.4, 0.5) is 0 Å². The molecule has 0 radical (unpaired) electrons. The summed E-state index contributed by atoms with van der Waals surface area (Å²) < 4.78 is 0. The molecular weight excluding hydrogens is 206 g/mol. The lowest BCUT2D eigenvalue weighted by Crippen LogP contribution is -2.23. The molecule has 0 bridgehead atoms. The third kappa shape index (κ3) is 3.31. The maximum atomic E-state index is 4.80. The number of hydrogen-bond acceptors (Lipinski definition) is 1. The summed E-state index contributed by atoms with van der Waals surface area (Å²) in [6.07, 6.45) is 5.85. The van der Waals surface area contributed by atoms with Crippen LogP contribution in [0.15, 0.2) is 28.4 Å². The lowest BCUT2D eigenvalue weighted by atomic mass is 9.73. The molecule has 1 rings (SSSR count). The molecule has 1 aliphatic rings. The Morgan fingerprint density at radius 2 is 1.88 bits per heavy atom. The molecule has 1 aliphatic carbocycles. The van der Waals surface area contributed by atoms with Gasteiger partial charge in [0.2, 0.25) is 0 Å². The first-order valence-electron chi connectivity index (χ1n) is 6.71. The highest BCUT2D eigenvalue weighted by molar-refractivity contribution is 5.85. The van der Waals surface area contributed by atoms with Crippen molar-refractivity contribution >= 4 is 5.71 Å². The highest BCUT2D eigenvalue weighted by Crippen LogP contribution is 2.39. The van der Waals surface area contributed by atoms with Gasteiger partial charge in [0.15, 0.2) is 0 Å².